The number of esters is 1. The summed E-state index contributed by atoms with van der Waals surface area (Å²) in [6.45, 7) is 7.31. The lowest BCUT2D eigenvalue weighted by Crippen LogP contribution is -2.25. The average Bonchev–Trinajstić information content (AvgIpc) is 3.33. The quantitative estimate of drug-likeness (QED) is 0.326. The fourth-order valence-corrected chi connectivity index (χ4v) is 3.63. The number of anilines is 1. The molecule has 0 fully saturated rings. The van der Waals surface area contributed by atoms with Crippen LogP contribution in [0, 0.1) is 6.92 Å². The maximum atomic E-state index is 13.4. The third-order valence-electron chi connectivity index (χ3n) is 5.33. The molecule has 1 aromatic heterocycles. The lowest BCUT2D eigenvalue weighted by Gasteiger charge is -2.21. The average molecular weight is 454 g/mol. The van der Waals surface area contributed by atoms with Crippen molar-refractivity contribution >= 4 is 17.6 Å². The second-order valence-corrected chi connectivity index (χ2v) is 9.12. The largest absolute Gasteiger partial charge is 0.472 e. The molecule has 4 rings (SSSR count). The molecule has 0 saturated heterocycles. The smallest absolute Gasteiger partial charge is 0.340 e. The Balaban J connectivity index is 1.72. The van der Waals surface area contributed by atoms with E-state index in [1.54, 1.807) is 18.6 Å². The van der Waals surface area contributed by atoms with Gasteiger partial charge in [0, 0.05) is 11.1 Å². The van der Waals surface area contributed by atoms with Gasteiger partial charge in [-0.2, -0.15) is 0 Å². The number of amides is 1. The summed E-state index contributed by atoms with van der Waals surface area (Å²) in [6, 6.07) is 22.7. The van der Waals surface area contributed by atoms with Crippen molar-refractivity contribution in [2.24, 2.45) is 0 Å². The van der Waals surface area contributed by atoms with Crippen LogP contribution in [0.2, 0.25) is 0 Å². The number of carbonyl (C=O) groups is 2. The molecule has 0 bridgehead atoms. The summed E-state index contributed by atoms with van der Waals surface area (Å²) in [5.41, 5.74) is 4.98. The van der Waals surface area contributed by atoms with E-state index < -0.39 is 11.6 Å². The number of aryl methyl sites for hydroxylation is 1. The molecular formula is C29H27NO4. The van der Waals surface area contributed by atoms with Gasteiger partial charge in [0.2, 0.25) is 0 Å². The first-order valence-corrected chi connectivity index (χ1v) is 11.1. The minimum Gasteiger partial charge on any atom is -0.472 e. The number of benzene rings is 3. The Morgan fingerprint density at radius 1 is 0.794 bits per heavy atom. The SMILES string of the molecule is Cc1ccc(-c2ccoc2)cc1C(=O)Nc1cc(-c2ccccc2)ccc1C(=O)OC(C)(C)C. The van der Waals surface area contributed by atoms with Gasteiger partial charge >= 0.3 is 5.97 Å². The summed E-state index contributed by atoms with van der Waals surface area (Å²) in [5, 5.41) is 2.95. The van der Waals surface area contributed by atoms with Crippen LogP contribution in [-0.4, -0.2) is 17.5 Å². The van der Waals surface area contributed by atoms with Crippen LogP contribution < -0.4 is 5.32 Å². The van der Waals surface area contributed by atoms with Crippen LogP contribution in [0.1, 0.15) is 47.1 Å². The number of carbonyl (C=O) groups excluding carboxylic acids is 2. The highest BCUT2D eigenvalue weighted by Gasteiger charge is 2.22. The van der Waals surface area contributed by atoms with E-state index in [1.807, 2.05) is 94.4 Å². The van der Waals surface area contributed by atoms with Crippen LogP contribution in [0.3, 0.4) is 0 Å². The molecule has 0 atom stereocenters. The molecule has 0 aliphatic heterocycles. The van der Waals surface area contributed by atoms with Crippen molar-refractivity contribution in [2.75, 3.05) is 5.32 Å². The van der Waals surface area contributed by atoms with Gasteiger partial charge in [0.25, 0.3) is 5.91 Å². The number of hydrogen-bond donors (Lipinski definition) is 1. The van der Waals surface area contributed by atoms with E-state index in [-0.39, 0.29) is 5.91 Å². The van der Waals surface area contributed by atoms with Gasteiger partial charge < -0.3 is 14.5 Å². The summed E-state index contributed by atoms with van der Waals surface area (Å²) < 4.78 is 10.8. The standard InChI is InChI=1S/C29H27NO4/c1-19-10-11-21(23-14-15-33-18-23)16-25(19)27(31)30-26-17-22(20-8-6-5-7-9-20)12-13-24(26)28(32)34-29(2,3)4/h5-18H,1-4H3,(H,30,31). The number of rotatable bonds is 5. The molecule has 4 aromatic rings. The van der Waals surface area contributed by atoms with E-state index in [0.29, 0.717) is 16.8 Å². The normalized spacial score (nSPS) is 11.2. The molecule has 5 nitrogen and oxygen atoms in total. The monoisotopic (exact) mass is 453 g/mol. The van der Waals surface area contributed by atoms with E-state index in [4.69, 9.17) is 9.15 Å². The Morgan fingerprint density at radius 2 is 1.50 bits per heavy atom. The molecule has 5 heteroatoms. The van der Waals surface area contributed by atoms with E-state index in [1.165, 1.54) is 0 Å². The molecule has 1 heterocycles. The Kier molecular flexibility index (Phi) is 6.37. The molecular weight excluding hydrogens is 426 g/mol. The fraction of sp³-hybridized carbons (Fsp3) is 0.172. The molecule has 0 aliphatic carbocycles. The van der Waals surface area contributed by atoms with Crippen LogP contribution in [0.15, 0.2) is 89.7 Å². The van der Waals surface area contributed by atoms with Gasteiger partial charge in [-0.1, -0.05) is 48.5 Å². The van der Waals surface area contributed by atoms with Crippen LogP contribution in [0.25, 0.3) is 22.3 Å². The first-order chi connectivity index (χ1) is 16.2. The highest BCUT2D eigenvalue weighted by atomic mass is 16.6. The van der Waals surface area contributed by atoms with Crippen molar-refractivity contribution in [1.29, 1.82) is 0 Å². The lowest BCUT2D eigenvalue weighted by molar-refractivity contribution is 0.00708. The summed E-state index contributed by atoms with van der Waals surface area (Å²) in [7, 11) is 0. The van der Waals surface area contributed by atoms with Gasteiger partial charge in [-0.3, -0.25) is 4.79 Å². The predicted molar refractivity (Wildman–Crippen MR) is 134 cm³/mol. The highest BCUT2D eigenvalue weighted by molar-refractivity contribution is 6.09. The zero-order chi connectivity index (χ0) is 24.3. The van der Waals surface area contributed by atoms with Gasteiger partial charge in [-0.25, -0.2) is 4.79 Å². The molecule has 1 N–H and O–H groups in total. The van der Waals surface area contributed by atoms with Crippen molar-refractivity contribution in [3.63, 3.8) is 0 Å². The maximum Gasteiger partial charge on any atom is 0.340 e. The molecule has 0 unspecified atom stereocenters. The summed E-state index contributed by atoms with van der Waals surface area (Å²) >= 11 is 0. The minimum absolute atomic E-state index is 0.298. The van der Waals surface area contributed by atoms with Crippen LogP contribution in [0.5, 0.6) is 0 Å². The summed E-state index contributed by atoms with van der Waals surface area (Å²) in [6.07, 6.45) is 3.23. The number of furan rings is 1. The number of hydrogen-bond acceptors (Lipinski definition) is 4. The Bertz CT molecular complexity index is 1320. The van der Waals surface area contributed by atoms with E-state index >= 15 is 0 Å². The molecule has 1 amide bonds. The third kappa shape index (κ3) is 5.26. The van der Waals surface area contributed by atoms with Crippen molar-refractivity contribution in [3.8, 4) is 22.3 Å². The van der Waals surface area contributed by atoms with Crippen molar-refractivity contribution < 1.29 is 18.7 Å². The van der Waals surface area contributed by atoms with Crippen LogP contribution >= 0.6 is 0 Å². The maximum absolute atomic E-state index is 13.4. The third-order valence-corrected chi connectivity index (χ3v) is 5.33. The molecule has 34 heavy (non-hydrogen) atoms. The zero-order valence-corrected chi connectivity index (χ0v) is 19.7. The first-order valence-electron chi connectivity index (χ1n) is 11.1. The lowest BCUT2D eigenvalue weighted by atomic mass is 9.99. The Morgan fingerprint density at radius 3 is 2.18 bits per heavy atom. The zero-order valence-electron chi connectivity index (χ0n) is 19.7. The second-order valence-electron chi connectivity index (χ2n) is 9.12. The highest BCUT2D eigenvalue weighted by Crippen LogP contribution is 2.29. The predicted octanol–water partition coefficient (Wildman–Crippen LogP) is 7.13. The van der Waals surface area contributed by atoms with Crippen molar-refractivity contribution in [2.45, 2.75) is 33.3 Å². The summed E-state index contributed by atoms with van der Waals surface area (Å²) in [5.74, 6) is -0.802. The van der Waals surface area contributed by atoms with Gasteiger partial charge in [0.1, 0.15) is 5.60 Å². The molecule has 3 aromatic carbocycles. The minimum atomic E-state index is -0.661. The van der Waals surface area contributed by atoms with Crippen molar-refractivity contribution in [1.82, 2.24) is 0 Å². The number of ether oxygens (including phenoxy) is 1. The van der Waals surface area contributed by atoms with E-state index in [9.17, 15) is 9.59 Å². The van der Waals surface area contributed by atoms with Gasteiger partial charge in [-0.05, 0) is 74.2 Å². The van der Waals surface area contributed by atoms with Gasteiger partial charge in [0.15, 0.2) is 0 Å². The fourth-order valence-electron chi connectivity index (χ4n) is 3.63. The number of nitrogens with one attached hydrogen (secondary N) is 1. The van der Waals surface area contributed by atoms with E-state index in [0.717, 1.165) is 27.8 Å². The van der Waals surface area contributed by atoms with Crippen LogP contribution in [0.4, 0.5) is 5.69 Å². The molecule has 0 spiro atoms. The molecule has 0 aliphatic rings. The topological polar surface area (TPSA) is 68.5 Å². The molecule has 0 saturated carbocycles. The Labute approximate surface area is 199 Å². The molecule has 172 valence electrons. The molecule has 0 radical (unpaired) electrons. The first kappa shape index (κ1) is 23.1. The second kappa shape index (κ2) is 9.40. The van der Waals surface area contributed by atoms with Crippen molar-refractivity contribution in [3.05, 3.63) is 102 Å². The Hall–Kier alpha value is -4.12. The van der Waals surface area contributed by atoms with E-state index in [2.05, 4.69) is 5.32 Å². The van der Waals surface area contributed by atoms with Crippen LogP contribution in [-0.2, 0) is 4.74 Å². The van der Waals surface area contributed by atoms with Gasteiger partial charge in [0.05, 0.1) is 23.8 Å². The summed E-state index contributed by atoms with van der Waals surface area (Å²) in [4.78, 5) is 26.3. The van der Waals surface area contributed by atoms with Gasteiger partial charge in [-0.15, -0.1) is 0 Å².